The number of aromatic nitrogens is 3. The molecule has 0 aliphatic rings. The van der Waals surface area contributed by atoms with Crippen LogP contribution in [-0.2, 0) is 6.18 Å². The summed E-state index contributed by atoms with van der Waals surface area (Å²) in [6.07, 6.45) is -2.63. The van der Waals surface area contributed by atoms with Crippen LogP contribution < -0.4 is 5.73 Å². The third kappa shape index (κ3) is 2.68. The number of primary amides is 1. The zero-order valence-electron chi connectivity index (χ0n) is 11.4. The minimum Gasteiger partial charge on any atom is -0.463 e. The second-order valence-electron chi connectivity index (χ2n) is 4.54. The van der Waals surface area contributed by atoms with Gasteiger partial charge in [-0.3, -0.25) is 4.79 Å². The van der Waals surface area contributed by atoms with Crippen LogP contribution in [0.4, 0.5) is 13.2 Å². The summed E-state index contributed by atoms with van der Waals surface area (Å²) in [5, 5.41) is 3.60. The van der Waals surface area contributed by atoms with Crippen molar-refractivity contribution in [2.45, 2.75) is 6.18 Å². The number of carbonyl (C=O) groups is 1. The number of nitrogens with zero attached hydrogens (tertiary/aromatic N) is 3. The topological polar surface area (TPSA) is 86.9 Å². The number of pyridine rings is 1. The van der Waals surface area contributed by atoms with E-state index in [2.05, 4.69) is 10.1 Å². The highest BCUT2D eigenvalue weighted by Gasteiger charge is 2.40. The van der Waals surface area contributed by atoms with Gasteiger partial charge in [0.15, 0.2) is 17.3 Å². The molecule has 0 unspecified atom stereocenters. The first-order valence-corrected chi connectivity index (χ1v) is 6.34. The molecule has 0 saturated heterocycles. The van der Waals surface area contributed by atoms with E-state index in [0.29, 0.717) is 16.1 Å². The Morgan fingerprint density at radius 2 is 2.00 bits per heavy atom. The monoisotopic (exact) mass is 322 g/mol. The zero-order valence-corrected chi connectivity index (χ0v) is 11.4. The van der Waals surface area contributed by atoms with Crippen LogP contribution in [0, 0.1) is 0 Å². The molecule has 6 nitrogen and oxygen atoms in total. The third-order valence-electron chi connectivity index (χ3n) is 3.03. The van der Waals surface area contributed by atoms with Crippen LogP contribution in [-0.4, -0.2) is 20.7 Å². The third-order valence-corrected chi connectivity index (χ3v) is 3.03. The Kier molecular flexibility index (Phi) is 3.40. The Bertz CT molecular complexity index is 853. The van der Waals surface area contributed by atoms with Gasteiger partial charge in [-0.25, -0.2) is 9.67 Å². The first-order valence-electron chi connectivity index (χ1n) is 6.34. The van der Waals surface area contributed by atoms with Gasteiger partial charge >= 0.3 is 6.18 Å². The van der Waals surface area contributed by atoms with Crippen molar-refractivity contribution in [3.8, 4) is 17.3 Å². The van der Waals surface area contributed by atoms with Gasteiger partial charge in [-0.15, -0.1) is 0 Å². The maximum absolute atomic E-state index is 13.2. The van der Waals surface area contributed by atoms with E-state index in [1.54, 1.807) is 18.2 Å². The van der Waals surface area contributed by atoms with Crippen LogP contribution in [0.15, 0.2) is 47.2 Å². The van der Waals surface area contributed by atoms with Crippen molar-refractivity contribution in [3.05, 3.63) is 54.0 Å². The molecule has 0 bridgehead atoms. The quantitative estimate of drug-likeness (QED) is 0.803. The second kappa shape index (κ2) is 5.27. The highest BCUT2D eigenvalue weighted by Crippen LogP contribution is 2.33. The molecule has 3 heterocycles. The molecule has 118 valence electrons. The van der Waals surface area contributed by atoms with Gasteiger partial charge < -0.3 is 10.2 Å². The normalized spacial score (nSPS) is 11.6. The number of hydrogen-bond donors (Lipinski definition) is 1. The standard InChI is InChI=1S/C14H9F3N4O2/c15-14(16,17)12-8(13(18)22)7-19-21(12)11-5-1-3-9(20-11)10-4-2-6-23-10/h1-7H,(H2,18,22). The predicted octanol–water partition coefficient (Wildman–Crippen LogP) is 2.65. The van der Waals surface area contributed by atoms with Crippen molar-refractivity contribution < 1.29 is 22.4 Å². The van der Waals surface area contributed by atoms with Crippen LogP contribution in [0.25, 0.3) is 17.3 Å². The van der Waals surface area contributed by atoms with Crippen molar-refractivity contribution in [1.82, 2.24) is 14.8 Å². The molecule has 23 heavy (non-hydrogen) atoms. The number of carbonyl (C=O) groups excluding carboxylic acids is 1. The van der Waals surface area contributed by atoms with Crippen LogP contribution in [0.1, 0.15) is 16.1 Å². The molecule has 0 aliphatic heterocycles. The maximum atomic E-state index is 13.2. The fourth-order valence-corrected chi connectivity index (χ4v) is 2.08. The van der Waals surface area contributed by atoms with E-state index < -0.39 is 23.3 Å². The molecule has 1 amide bonds. The molecule has 0 aliphatic carbocycles. The highest BCUT2D eigenvalue weighted by atomic mass is 19.4. The molecule has 3 rings (SSSR count). The zero-order chi connectivity index (χ0) is 16.6. The van der Waals surface area contributed by atoms with Gasteiger partial charge in [-0.2, -0.15) is 18.3 Å². The lowest BCUT2D eigenvalue weighted by atomic mass is 10.2. The van der Waals surface area contributed by atoms with Gasteiger partial charge in [0, 0.05) is 0 Å². The van der Waals surface area contributed by atoms with Gasteiger partial charge in [-0.05, 0) is 24.3 Å². The predicted molar refractivity (Wildman–Crippen MR) is 72.6 cm³/mol. The first-order chi connectivity index (χ1) is 10.9. The molecule has 2 N–H and O–H groups in total. The van der Waals surface area contributed by atoms with Crippen molar-refractivity contribution >= 4 is 5.91 Å². The second-order valence-corrected chi connectivity index (χ2v) is 4.54. The number of alkyl halides is 3. The van der Waals surface area contributed by atoms with Crippen LogP contribution >= 0.6 is 0 Å². The number of hydrogen-bond acceptors (Lipinski definition) is 4. The lowest BCUT2D eigenvalue weighted by molar-refractivity contribution is -0.143. The minimum absolute atomic E-state index is 0.112. The van der Waals surface area contributed by atoms with Crippen LogP contribution in [0.3, 0.4) is 0 Å². The SMILES string of the molecule is NC(=O)c1cnn(-c2cccc(-c3ccco3)n2)c1C(F)(F)F. The lowest BCUT2D eigenvalue weighted by Gasteiger charge is -2.11. The van der Waals surface area contributed by atoms with Crippen molar-refractivity contribution in [2.75, 3.05) is 0 Å². The molecule has 0 atom stereocenters. The molecular formula is C14H9F3N4O2. The average Bonchev–Trinajstić information content (AvgIpc) is 3.16. The summed E-state index contributed by atoms with van der Waals surface area (Å²) < 4.78 is 45.4. The molecule has 0 radical (unpaired) electrons. The maximum Gasteiger partial charge on any atom is 0.434 e. The number of nitrogens with two attached hydrogens (primary N) is 1. The molecule has 3 aromatic heterocycles. The van der Waals surface area contributed by atoms with Gasteiger partial charge in [0.1, 0.15) is 5.69 Å². The van der Waals surface area contributed by atoms with E-state index in [0.717, 1.165) is 6.20 Å². The van der Waals surface area contributed by atoms with E-state index in [1.165, 1.54) is 18.4 Å². The lowest BCUT2D eigenvalue weighted by Crippen LogP contribution is -2.21. The summed E-state index contributed by atoms with van der Waals surface area (Å²) in [5.74, 6) is -0.938. The Morgan fingerprint density at radius 3 is 2.61 bits per heavy atom. The average molecular weight is 322 g/mol. The molecule has 0 spiro atoms. The first kappa shape index (κ1) is 14.8. The van der Waals surface area contributed by atoms with Gasteiger partial charge in [0.25, 0.3) is 5.91 Å². The summed E-state index contributed by atoms with van der Waals surface area (Å²) in [6.45, 7) is 0. The largest absolute Gasteiger partial charge is 0.463 e. The van der Waals surface area contributed by atoms with E-state index >= 15 is 0 Å². The minimum atomic E-state index is -4.82. The van der Waals surface area contributed by atoms with E-state index in [1.807, 2.05) is 0 Å². The Labute approximate surface area is 127 Å². The Balaban J connectivity index is 2.16. The fourth-order valence-electron chi connectivity index (χ4n) is 2.08. The molecule has 3 aromatic rings. The van der Waals surface area contributed by atoms with Crippen molar-refractivity contribution in [2.24, 2.45) is 5.73 Å². The fraction of sp³-hybridized carbons (Fsp3) is 0.0714. The van der Waals surface area contributed by atoms with E-state index in [-0.39, 0.29) is 5.82 Å². The number of amides is 1. The van der Waals surface area contributed by atoms with Crippen LogP contribution in [0.2, 0.25) is 0 Å². The Morgan fingerprint density at radius 1 is 1.22 bits per heavy atom. The van der Waals surface area contributed by atoms with Crippen LogP contribution in [0.5, 0.6) is 0 Å². The van der Waals surface area contributed by atoms with Gasteiger partial charge in [-0.1, -0.05) is 6.07 Å². The highest BCUT2D eigenvalue weighted by molar-refractivity contribution is 5.94. The van der Waals surface area contributed by atoms with Crippen molar-refractivity contribution in [3.63, 3.8) is 0 Å². The van der Waals surface area contributed by atoms with E-state index in [9.17, 15) is 18.0 Å². The summed E-state index contributed by atoms with van der Waals surface area (Å²) in [7, 11) is 0. The summed E-state index contributed by atoms with van der Waals surface area (Å²) in [5.41, 5.74) is 3.32. The summed E-state index contributed by atoms with van der Waals surface area (Å²) >= 11 is 0. The number of furan rings is 1. The molecule has 0 aromatic carbocycles. The number of rotatable bonds is 3. The molecule has 9 heteroatoms. The van der Waals surface area contributed by atoms with Crippen molar-refractivity contribution in [1.29, 1.82) is 0 Å². The molecular weight excluding hydrogens is 313 g/mol. The molecule has 0 saturated carbocycles. The van der Waals surface area contributed by atoms with E-state index in [4.69, 9.17) is 10.2 Å². The smallest absolute Gasteiger partial charge is 0.434 e. The Hall–Kier alpha value is -3.10. The summed E-state index contributed by atoms with van der Waals surface area (Å²) in [4.78, 5) is 15.3. The summed E-state index contributed by atoms with van der Waals surface area (Å²) in [6, 6.07) is 7.66. The number of halogens is 3. The van der Waals surface area contributed by atoms with Gasteiger partial charge in [0.05, 0.1) is 18.0 Å². The molecule has 0 fully saturated rings. The van der Waals surface area contributed by atoms with Gasteiger partial charge in [0.2, 0.25) is 0 Å².